The molecule has 1 aliphatic carbocycles. The topological polar surface area (TPSA) is 94.0 Å². The Morgan fingerprint density at radius 2 is 1.83 bits per heavy atom. The van der Waals surface area contributed by atoms with E-state index in [9.17, 15) is 0 Å². The number of aromatic nitrogens is 3. The lowest BCUT2D eigenvalue weighted by molar-refractivity contribution is 0.264. The van der Waals surface area contributed by atoms with E-state index in [1.54, 1.807) is 0 Å². The predicted octanol–water partition coefficient (Wildman–Crippen LogP) is 3.68. The third kappa shape index (κ3) is 3.57. The van der Waals surface area contributed by atoms with E-state index in [0.29, 0.717) is 0 Å². The van der Waals surface area contributed by atoms with Crippen LogP contribution in [0.1, 0.15) is 43.5 Å². The summed E-state index contributed by atoms with van der Waals surface area (Å²) in [6.45, 7) is 0.921. The Labute approximate surface area is 177 Å². The molecular formula is C24H28N6. The molecule has 30 heavy (non-hydrogen) atoms. The third-order valence-electron chi connectivity index (χ3n) is 6.44. The number of aryl methyl sites for hydroxylation is 1. The van der Waals surface area contributed by atoms with Crippen LogP contribution in [0.3, 0.4) is 0 Å². The quantitative estimate of drug-likeness (QED) is 0.697. The summed E-state index contributed by atoms with van der Waals surface area (Å²) in [7, 11) is 0. The van der Waals surface area contributed by atoms with Crippen LogP contribution >= 0.6 is 0 Å². The molecule has 6 heteroatoms. The van der Waals surface area contributed by atoms with Gasteiger partial charge in [-0.2, -0.15) is 0 Å². The first-order chi connectivity index (χ1) is 14.6. The van der Waals surface area contributed by atoms with Gasteiger partial charge in [0.15, 0.2) is 0 Å². The molecule has 1 fully saturated rings. The molecule has 0 spiro atoms. The molecule has 0 radical (unpaired) electrons. The lowest BCUT2D eigenvalue weighted by Crippen LogP contribution is -2.45. The van der Waals surface area contributed by atoms with Gasteiger partial charge in [0.2, 0.25) is 0 Å². The lowest BCUT2D eigenvalue weighted by atomic mass is 9.80. The minimum atomic E-state index is -0.488. The number of hydrogen-bond acceptors (Lipinski definition) is 6. The van der Waals surface area contributed by atoms with Crippen LogP contribution in [-0.2, 0) is 12.0 Å². The molecule has 4 N–H and O–H groups in total. The van der Waals surface area contributed by atoms with Crippen molar-refractivity contribution in [1.82, 2.24) is 15.0 Å². The summed E-state index contributed by atoms with van der Waals surface area (Å²) in [5.41, 5.74) is 16.9. The smallest absolute Gasteiger partial charge is 0.150 e. The summed E-state index contributed by atoms with van der Waals surface area (Å²) in [4.78, 5) is 16.5. The maximum atomic E-state index is 6.73. The van der Waals surface area contributed by atoms with E-state index in [4.69, 9.17) is 21.4 Å². The maximum Gasteiger partial charge on any atom is 0.150 e. The van der Waals surface area contributed by atoms with Crippen LogP contribution < -0.4 is 16.4 Å². The molecule has 5 rings (SSSR count). The molecule has 154 valence electrons. The number of benzene rings is 1. The number of nitrogens with two attached hydrogens (primary N) is 2. The Hall–Kier alpha value is -2.83. The van der Waals surface area contributed by atoms with E-state index in [0.717, 1.165) is 68.0 Å². The largest absolute Gasteiger partial charge is 0.328 e. The first kappa shape index (κ1) is 19.2. The third-order valence-corrected chi connectivity index (χ3v) is 6.44. The highest BCUT2D eigenvalue weighted by Crippen LogP contribution is 2.37. The van der Waals surface area contributed by atoms with Crippen LogP contribution in [0.2, 0.25) is 0 Å². The predicted molar refractivity (Wildman–Crippen MR) is 119 cm³/mol. The van der Waals surface area contributed by atoms with Gasteiger partial charge < -0.3 is 16.4 Å². The summed E-state index contributed by atoms with van der Waals surface area (Å²) in [6.07, 6.45) is 9.46. The first-order valence-corrected chi connectivity index (χ1v) is 10.8. The van der Waals surface area contributed by atoms with Gasteiger partial charge in [0.25, 0.3) is 0 Å². The lowest BCUT2D eigenvalue weighted by Gasteiger charge is -2.36. The van der Waals surface area contributed by atoms with Crippen LogP contribution in [0.4, 0.5) is 11.5 Å². The van der Waals surface area contributed by atoms with Crippen molar-refractivity contribution >= 4 is 11.5 Å². The number of nitrogens with zero attached hydrogens (tertiary/aromatic N) is 4. The Morgan fingerprint density at radius 3 is 2.63 bits per heavy atom. The molecule has 3 heterocycles. The molecule has 0 amide bonds. The fraction of sp³-hybridized carbons (Fsp3) is 0.375. The molecule has 1 aliphatic heterocycles. The van der Waals surface area contributed by atoms with Crippen molar-refractivity contribution in [3.05, 3.63) is 66.2 Å². The number of hydrogen-bond donors (Lipinski definition) is 2. The fourth-order valence-corrected chi connectivity index (χ4v) is 4.59. The highest BCUT2D eigenvalue weighted by Gasteiger charge is 2.35. The molecule has 3 aromatic rings. The van der Waals surface area contributed by atoms with Crippen molar-refractivity contribution in [2.45, 2.75) is 50.1 Å². The van der Waals surface area contributed by atoms with Crippen molar-refractivity contribution in [2.75, 3.05) is 11.4 Å². The molecule has 0 bridgehead atoms. The van der Waals surface area contributed by atoms with Gasteiger partial charge in [-0.25, -0.2) is 9.97 Å². The number of pyridine rings is 1. The molecule has 1 saturated carbocycles. The van der Waals surface area contributed by atoms with Crippen molar-refractivity contribution < 1.29 is 0 Å². The highest BCUT2D eigenvalue weighted by molar-refractivity contribution is 5.71. The van der Waals surface area contributed by atoms with Gasteiger partial charge in [-0.3, -0.25) is 4.98 Å². The average Bonchev–Trinajstić information content (AvgIpc) is 2.81. The second-order valence-electron chi connectivity index (χ2n) is 8.55. The molecule has 0 unspecified atom stereocenters. The van der Waals surface area contributed by atoms with Crippen LogP contribution in [-0.4, -0.2) is 27.5 Å². The van der Waals surface area contributed by atoms with E-state index in [1.807, 2.05) is 36.7 Å². The standard InChI is InChI=1S/C24H28N6/c25-19-8-11-24(26,12-9-19)23-27-13-10-22(29-23)30-14-4-7-18-16-28-20(15-21(18)30)17-5-2-1-3-6-17/h1-3,5-6,10,13,15-16,19H,4,7-9,11-12,14,25-26H2. The maximum absolute atomic E-state index is 6.73. The molecule has 2 aliphatic rings. The summed E-state index contributed by atoms with van der Waals surface area (Å²) >= 11 is 0. The van der Waals surface area contributed by atoms with Crippen LogP contribution in [0.25, 0.3) is 11.3 Å². The molecule has 1 aromatic carbocycles. The van der Waals surface area contributed by atoms with Crippen molar-refractivity contribution in [3.63, 3.8) is 0 Å². The van der Waals surface area contributed by atoms with Gasteiger partial charge in [0, 0.05) is 36.2 Å². The normalized spacial score (nSPS) is 23.8. The Morgan fingerprint density at radius 1 is 1.03 bits per heavy atom. The summed E-state index contributed by atoms with van der Waals surface area (Å²) < 4.78 is 0. The van der Waals surface area contributed by atoms with E-state index < -0.39 is 5.54 Å². The minimum absolute atomic E-state index is 0.239. The summed E-state index contributed by atoms with van der Waals surface area (Å²) in [5, 5.41) is 0. The van der Waals surface area contributed by atoms with Gasteiger partial charge in [0.05, 0.1) is 11.2 Å². The second kappa shape index (κ2) is 7.78. The van der Waals surface area contributed by atoms with E-state index in [-0.39, 0.29) is 6.04 Å². The van der Waals surface area contributed by atoms with Gasteiger partial charge in [-0.1, -0.05) is 30.3 Å². The fourth-order valence-electron chi connectivity index (χ4n) is 4.59. The van der Waals surface area contributed by atoms with Gasteiger partial charge >= 0.3 is 0 Å². The Kier molecular flexibility index (Phi) is 4.97. The first-order valence-electron chi connectivity index (χ1n) is 10.8. The monoisotopic (exact) mass is 400 g/mol. The van der Waals surface area contributed by atoms with Crippen molar-refractivity contribution in [1.29, 1.82) is 0 Å². The Balaban J connectivity index is 1.51. The van der Waals surface area contributed by atoms with Gasteiger partial charge in [0.1, 0.15) is 11.6 Å². The average molecular weight is 401 g/mol. The Bertz CT molecular complexity index is 1030. The van der Waals surface area contributed by atoms with E-state index in [1.165, 1.54) is 11.3 Å². The number of rotatable bonds is 3. The summed E-state index contributed by atoms with van der Waals surface area (Å²) in [6, 6.07) is 14.7. The second-order valence-corrected chi connectivity index (χ2v) is 8.55. The molecule has 2 aromatic heterocycles. The summed E-state index contributed by atoms with van der Waals surface area (Å²) in [5.74, 6) is 1.64. The zero-order chi connectivity index (χ0) is 20.6. The highest BCUT2D eigenvalue weighted by atomic mass is 15.2. The molecule has 6 nitrogen and oxygen atoms in total. The number of fused-ring (bicyclic) bond motifs is 1. The van der Waals surface area contributed by atoms with Crippen LogP contribution in [0.15, 0.2) is 54.9 Å². The zero-order valence-corrected chi connectivity index (χ0v) is 17.2. The molecule has 0 atom stereocenters. The number of anilines is 2. The van der Waals surface area contributed by atoms with Gasteiger partial charge in [-0.15, -0.1) is 0 Å². The van der Waals surface area contributed by atoms with Crippen molar-refractivity contribution in [3.8, 4) is 11.3 Å². The van der Waals surface area contributed by atoms with E-state index in [2.05, 4.69) is 28.1 Å². The van der Waals surface area contributed by atoms with Crippen molar-refractivity contribution in [2.24, 2.45) is 11.5 Å². The zero-order valence-electron chi connectivity index (χ0n) is 17.2. The van der Waals surface area contributed by atoms with Crippen LogP contribution in [0.5, 0.6) is 0 Å². The molecule has 0 saturated heterocycles. The van der Waals surface area contributed by atoms with Crippen LogP contribution in [0, 0.1) is 0 Å². The SMILES string of the molecule is NC1CCC(N)(c2nccc(N3CCCc4cnc(-c5ccccc5)cc43)n2)CC1. The minimum Gasteiger partial charge on any atom is -0.328 e. The van der Waals surface area contributed by atoms with Gasteiger partial charge in [-0.05, 0) is 56.2 Å². The molecular weight excluding hydrogens is 372 g/mol. The van der Waals surface area contributed by atoms with E-state index >= 15 is 0 Å².